The van der Waals surface area contributed by atoms with E-state index in [0.717, 1.165) is 19.5 Å². The van der Waals surface area contributed by atoms with E-state index in [-0.39, 0.29) is 12.5 Å². The van der Waals surface area contributed by atoms with Crippen molar-refractivity contribution in [3.63, 3.8) is 0 Å². The molecule has 0 N–H and O–H groups in total. The average Bonchev–Trinajstić information content (AvgIpc) is 2.60. The van der Waals surface area contributed by atoms with Gasteiger partial charge in [-0.3, -0.25) is 4.79 Å². The molecule has 0 saturated carbocycles. The summed E-state index contributed by atoms with van der Waals surface area (Å²) in [6.45, 7) is 1.74. The number of hydrogen-bond acceptors (Lipinski definition) is 3. The summed E-state index contributed by atoms with van der Waals surface area (Å²) in [5.74, 6) is 0.739. The number of likely N-dealkylation sites (tertiary alicyclic amines) is 1. The van der Waals surface area contributed by atoms with Crippen LogP contribution in [0.1, 0.15) is 22.7 Å². The Morgan fingerprint density at radius 3 is 3.00 bits per heavy atom. The van der Waals surface area contributed by atoms with E-state index in [1.54, 1.807) is 17.0 Å². The predicted octanol–water partition coefficient (Wildman–Crippen LogP) is 1.94. The number of nitrogens with zero attached hydrogens (tertiary/aromatic N) is 4. The van der Waals surface area contributed by atoms with Gasteiger partial charge < -0.3 is 9.32 Å². The molecule has 0 atom stereocenters. The van der Waals surface area contributed by atoms with Gasteiger partial charge in [-0.2, -0.15) is 0 Å². The van der Waals surface area contributed by atoms with Crippen molar-refractivity contribution in [3.8, 4) is 0 Å². The fourth-order valence-electron chi connectivity index (χ4n) is 1.35. The van der Waals surface area contributed by atoms with Gasteiger partial charge >= 0.3 is 0 Å². The number of hydrogen-bond donors (Lipinski definition) is 0. The van der Waals surface area contributed by atoms with Gasteiger partial charge in [0, 0.05) is 18.0 Å². The quantitative estimate of drug-likeness (QED) is 0.430. The lowest BCUT2D eigenvalue weighted by Crippen LogP contribution is -2.41. The zero-order chi connectivity index (χ0) is 10.7. The fourth-order valence-corrected chi connectivity index (χ4v) is 1.35. The summed E-state index contributed by atoms with van der Waals surface area (Å²) < 4.78 is 5.25. The van der Waals surface area contributed by atoms with Crippen LogP contribution < -0.4 is 0 Å². The van der Waals surface area contributed by atoms with E-state index in [1.165, 1.54) is 0 Å². The number of furan rings is 1. The van der Waals surface area contributed by atoms with Crippen LogP contribution in [0.4, 0.5) is 0 Å². The molecule has 0 bridgehead atoms. The molecule has 1 aromatic heterocycles. The Bertz CT molecular complexity index is 416. The minimum atomic E-state index is -0.0894. The van der Waals surface area contributed by atoms with Gasteiger partial charge in [0.25, 0.3) is 5.91 Å². The van der Waals surface area contributed by atoms with Gasteiger partial charge in [-0.1, -0.05) is 5.11 Å². The Kier molecular flexibility index (Phi) is 2.60. The molecular weight excluding hydrogens is 196 g/mol. The van der Waals surface area contributed by atoms with Gasteiger partial charge in [0.15, 0.2) is 5.76 Å². The van der Waals surface area contributed by atoms with Crippen molar-refractivity contribution < 1.29 is 9.21 Å². The summed E-state index contributed by atoms with van der Waals surface area (Å²) in [7, 11) is 0. The molecule has 0 aromatic carbocycles. The maximum absolute atomic E-state index is 11.6. The Labute approximate surface area is 86.1 Å². The van der Waals surface area contributed by atoms with Gasteiger partial charge in [0.05, 0.1) is 6.54 Å². The van der Waals surface area contributed by atoms with Crippen molar-refractivity contribution in [1.82, 2.24) is 4.90 Å². The molecule has 0 spiro atoms. The van der Waals surface area contributed by atoms with Crippen molar-refractivity contribution in [2.45, 2.75) is 13.0 Å². The second kappa shape index (κ2) is 4.06. The van der Waals surface area contributed by atoms with Gasteiger partial charge in [0.2, 0.25) is 0 Å². The predicted molar refractivity (Wildman–Crippen MR) is 52.1 cm³/mol. The summed E-state index contributed by atoms with van der Waals surface area (Å²) in [5.41, 5.74) is 8.12. The summed E-state index contributed by atoms with van der Waals surface area (Å²) in [6, 6.07) is 3.27. The zero-order valence-corrected chi connectivity index (χ0v) is 8.09. The monoisotopic (exact) mass is 206 g/mol. The van der Waals surface area contributed by atoms with Crippen LogP contribution >= 0.6 is 0 Å². The van der Waals surface area contributed by atoms with E-state index in [0.29, 0.717) is 11.5 Å². The van der Waals surface area contributed by atoms with Crippen molar-refractivity contribution in [2.75, 3.05) is 13.1 Å². The van der Waals surface area contributed by atoms with Crippen LogP contribution in [0.15, 0.2) is 21.7 Å². The third-order valence-corrected chi connectivity index (χ3v) is 2.31. The molecule has 6 heteroatoms. The molecule has 0 aliphatic carbocycles. The van der Waals surface area contributed by atoms with E-state index in [2.05, 4.69) is 10.0 Å². The maximum Gasteiger partial charge on any atom is 0.289 e. The first-order chi connectivity index (χ1) is 7.31. The lowest BCUT2D eigenvalue weighted by molar-refractivity contribution is 0.0617. The van der Waals surface area contributed by atoms with Crippen LogP contribution in [0.25, 0.3) is 10.4 Å². The maximum atomic E-state index is 11.6. The Morgan fingerprint density at radius 1 is 1.60 bits per heavy atom. The second-order valence-electron chi connectivity index (χ2n) is 3.30. The molecule has 1 aliphatic rings. The van der Waals surface area contributed by atoms with Crippen molar-refractivity contribution >= 4 is 5.91 Å². The molecule has 1 aliphatic heterocycles. The number of azide groups is 1. The van der Waals surface area contributed by atoms with Crippen molar-refractivity contribution in [2.24, 2.45) is 5.11 Å². The Morgan fingerprint density at radius 2 is 2.40 bits per heavy atom. The summed E-state index contributed by atoms with van der Waals surface area (Å²) in [4.78, 5) is 16.0. The standard InChI is InChI=1S/C9H10N4O2/c10-12-11-6-7-2-3-8(15-7)9(14)13-4-1-5-13/h2-3H,1,4-6H2. The van der Waals surface area contributed by atoms with Gasteiger partial charge in [0.1, 0.15) is 5.76 Å². The molecule has 1 saturated heterocycles. The molecule has 78 valence electrons. The SMILES string of the molecule is [N-]=[N+]=NCc1ccc(C(=O)N2CCC2)o1. The first kappa shape index (κ1) is 9.61. The molecule has 0 radical (unpaired) electrons. The summed E-state index contributed by atoms with van der Waals surface area (Å²) in [5, 5.41) is 3.36. The summed E-state index contributed by atoms with van der Waals surface area (Å²) >= 11 is 0. The van der Waals surface area contributed by atoms with E-state index in [1.807, 2.05) is 0 Å². The highest BCUT2D eigenvalue weighted by Gasteiger charge is 2.23. The Hall–Kier alpha value is -1.94. The van der Waals surface area contributed by atoms with Crippen LogP contribution in [0, 0.1) is 0 Å². The van der Waals surface area contributed by atoms with Crippen molar-refractivity contribution in [3.05, 3.63) is 34.1 Å². The van der Waals surface area contributed by atoms with Gasteiger partial charge in [-0.25, -0.2) is 0 Å². The lowest BCUT2D eigenvalue weighted by atomic mass is 10.2. The molecular formula is C9H10N4O2. The van der Waals surface area contributed by atoms with Crippen LogP contribution in [0.5, 0.6) is 0 Å². The number of amides is 1. The Balaban J connectivity index is 2.05. The van der Waals surface area contributed by atoms with E-state index >= 15 is 0 Å². The molecule has 0 unspecified atom stereocenters. The molecule has 1 amide bonds. The molecule has 15 heavy (non-hydrogen) atoms. The van der Waals surface area contributed by atoms with Crippen LogP contribution in [0.3, 0.4) is 0 Å². The third-order valence-electron chi connectivity index (χ3n) is 2.31. The fraction of sp³-hybridized carbons (Fsp3) is 0.444. The van der Waals surface area contributed by atoms with Gasteiger partial charge in [-0.05, 0) is 24.1 Å². The lowest BCUT2D eigenvalue weighted by Gasteiger charge is -2.29. The minimum absolute atomic E-state index is 0.0894. The largest absolute Gasteiger partial charge is 0.456 e. The molecule has 6 nitrogen and oxygen atoms in total. The molecule has 2 heterocycles. The van der Waals surface area contributed by atoms with Gasteiger partial charge in [-0.15, -0.1) is 0 Å². The highest BCUT2D eigenvalue weighted by molar-refractivity contribution is 5.92. The minimum Gasteiger partial charge on any atom is -0.456 e. The first-order valence-electron chi connectivity index (χ1n) is 4.70. The first-order valence-corrected chi connectivity index (χ1v) is 4.70. The van der Waals surface area contributed by atoms with E-state index in [9.17, 15) is 4.79 Å². The number of rotatable bonds is 3. The molecule has 2 rings (SSSR count). The van der Waals surface area contributed by atoms with Crippen LogP contribution in [0.2, 0.25) is 0 Å². The topological polar surface area (TPSA) is 82.2 Å². The number of carbonyl (C=O) groups excluding carboxylic acids is 1. The third kappa shape index (κ3) is 1.94. The molecule has 1 fully saturated rings. The van der Waals surface area contributed by atoms with E-state index in [4.69, 9.17) is 9.95 Å². The zero-order valence-electron chi connectivity index (χ0n) is 8.09. The van der Waals surface area contributed by atoms with Crippen molar-refractivity contribution in [1.29, 1.82) is 0 Å². The second-order valence-corrected chi connectivity index (χ2v) is 3.30. The van der Waals surface area contributed by atoms with Crippen LogP contribution in [-0.2, 0) is 6.54 Å². The number of carbonyl (C=O) groups is 1. The van der Waals surface area contributed by atoms with E-state index < -0.39 is 0 Å². The summed E-state index contributed by atoms with van der Waals surface area (Å²) in [6.07, 6.45) is 1.05. The highest BCUT2D eigenvalue weighted by Crippen LogP contribution is 2.15. The smallest absolute Gasteiger partial charge is 0.289 e. The highest BCUT2D eigenvalue weighted by atomic mass is 16.4. The molecule has 1 aromatic rings. The van der Waals surface area contributed by atoms with Crippen LogP contribution in [-0.4, -0.2) is 23.9 Å². The normalized spacial score (nSPS) is 14.3. The average molecular weight is 206 g/mol.